The molecule has 0 radical (unpaired) electrons. The Morgan fingerprint density at radius 3 is 2.53 bits per heavy atom. The van der Waals surface area contributed by atoms with Gasteiger partial charge in [0.05, 0.1) is 0 Å². The molecule has 2 N–H and O–H groups in total. The number of H-pyrrole nitrogens is 1. The fraction of sp³-hybridized carbons (Fsp3) is 0.680. The number of hydrogen-bond donors (Lipinski definition) is 2. The molecule has 2 aliphatic heterocycles. The number of carbonyl (C=O) groups is 1. The molecule has 0 bridgehead atoms. The third-order valence-electron chi connectivity index (χ3n) is 7.68. The van der Waals surface area contributed by atoms with Gasteiger partial charge in [-0.25, -0.2) is 18.7 Å². The summed E-state index contributed by atoms with van der Waals surface area (Å²) in [6.45, 7) is 7.02. The van der Waals surface area contributed by atoms with Gasteiger partial charge in [-0.2, -0.15) is 5.10 Å². The van der Waals surface area contributed by atoms with Crippen molar-refractivity contribution in [2.45, 2.75) is 51.4 Å². The van der Waals surface area contributed by atoms with Crippen LogP contribution in [-0.2, 0) is 11.2 Å². The highest BCUT2D eigenvalue weighted by Gasteiger charge is 2.40. The van der Waals surface area contributed by atoms with Crippen LogP contribution in [0.3, 0.4) is 0 Å². The number of aromatic amines is 1. The number of aryl methyl sites for hydroxylation is 1. The first-order chi connectivity index (χ1) is 17.2. The summed E-state index contributed by atoms with van der Waals surface area (Å²) in [6, 6.07) is 3.90. The number of hydrogen-bond acceptors (Lipinski definition) is 7. The highest BCUT2D eigenvalue weighted by atomic mass is 19.3. The molecule has 5 rings (SSSR count). The first kappa shape index (κ1) is 24.9. The quantitative estimate of drug-likeness (QED) is 0.627. The zero-order valence-electron chi connectivity index (χ0n) is 21.1. The molecular weight excluding hydrogens is 466 g/mol. The molecule has 9 nitrogen and oxygen atoms in total. The number of piperazine rings is 1. The third-order valence-corrected chi connectivity index (χ3v) is 7.68. The predicted molar refractivity (Wildman–Crippen MR) is 134 cm³/mol. The van der Waals surface area contributed by atoms with Gasteiger partial charge in [0.2, 0.25) is 11.8 Å². The molecule has 36 heavy (non-hydrogen) atoms. The second-order valence-corrected chi connectivity index (χ2v) is 10.7. The normalized spacial score (nSPS) is 23.3. The minimum atomic E-state index is -2.61. The van der Waals surface area contributed by atoms with E-state index in [1.54, 1.807) is 0 Å². The Bertz CT molecular complexity index is 1060. The fourth-order valence-electron chi connectivity index (χ4n) is 5.45. The molecule has 4 heterocycles. The van der Waals surface area contributed by atoms with E-state index in [1.807, 2.05) is 24.0 Å². The van der Waals surface area contributed by atoms with Crippen molar-refractivity contribution < 1.29 is 13.6 Å². The maximum Gasteiger partial charge on any atom is 0.248 e. The fourth-order valence-corrected chi connectivity index (χ4v) is 5.45. The van der Waals surface area contributed by atoms with Crippen LogP contribution >= 0.6 is 0 Å². The lowest BCUT2D eigenvalue weighted by molar-refractivity contribution is -0.138. The van der Waals surface area contributed by atoms with E-state index in [9.17, 15) is 13.6 Å². The van der Waals surface area contributed by atoms with Gasteiger partial charge >= 0.3 is 0 Å². The number of alkyl halides is 2. The van der Waals surface area contributed by atoms with Crippen LogP contribution in [0.5, 0.6) is 0 Å². The lowest BCUT2D eigenvalue weighted by Gasteiger charge is -2.33. The average molecular weight is 503 g/mol. The summed E-state index contributed by atoms with van der Waals surface area (Å²) in [5.74, 6) is 0.463. The van der Waals surface area contributed by atoms with E-state index in [4.69, 9.17) is 9.97 Å². The van der Waals surface area contributed by atoms with Gasteiger partial charge in [0.25, 0.3) is 0 Å². The highest BCUT2D eigenvalue weighted by molar-refractivity contribution is 5.79. The van der Waals surface area contributed by atoms with Crippen LogP contribution in [0.4, 0.5) is 26.2 Å². The van der Waals surface area contributed by atoms with Crippen molar-refractivity contribution >= 4 is 23.4 Å². The lowest BCUT2D eigenvalue weighted by Crippen LogP contribution is -2.45. The largest absolute Gasteiger partial charge is 0.354 e. The Hall–Kier alpha value is -2.82. The number of likely N-dealkylation sites (N-methyl/N-ethyl adjacent to an activating group) is 1. The van der Waals surface area contributed by atoms with E-state index < -0.39 is 5.92 Å². The second kappa shape index (κ2) is 10.3. The summed E-state index contributed by atoms with van der Waals surface area (Å²) >= 11 is 0. The van der Waals surface area contributed by atoms with E-state index in [0.717, 1.165) is 49.9 Å². The monoisotopic (exact) mass is 502 g/mol. The molecule has 1 saturated carbocycles. The van der Waals surface area contributed by atoms with Gasteiger partial charge in [-0.3, -0.25) is 9.89 Å². The van der Waals surface area contributed by atoms with Gasteiger partial charge in [0, 0.05) is 82.3 Å². The van der Waals surface area contributed by atoms with E-state index >= 15 is 0 Å². The number of likely N-dealkylation sites (tertiary alicyclic amines) is 1. The topological polar surface area (TPSA) is 93.3 Å². The van der Waals surface area contributed by atoms with E-state index in [-0.39, 0.29) is 43.4 Å². The summed E-state index contributed by atoms with van der Waals surface area (Å²) in [4.78, 5) is 29.1. The minimum Gasteiger partial charge on any atom is -0.354 e. The molecular formula is C25H36F2N8O. The zero-order valence-corrected chi connectivity index (χ0v) is 21.1. The Morgan fingerprint density at radius 1 is 1.08 bits per heavy atom. The Morgan fingerprint density at radius 2 is 1.83 bits per heavy atom. The van der Waals surface area contributed by atoms with E-state index in [0.29, 0.717) is 31.1 Å². The van der Waals surface area contributed by atoms with Crippen molar-refractivity contribution in [1.29, 1.82) is 0 Å². The van der Waals surface area contributed by atoms with Crippen molar-refractivity contribution in [3.8, 4) is 0 Å². The number of aromatic nitrogens is 4. The van der Waals surface area contributed by atoms with Gasteiger partial charge in [-0.1, -0.05) is 0 Å². The molecule has 0 aromatic carbocycles. The predicted octanol–water partition coefficient (Wildman–Crippen LogP) is 3.22. The van der Waals surface area contributed by atoms with Gasteiger partial charge in [-0.05, 0) is 39.2 Å². The molecule has 196 valence electrons. The molecule has 2 aromatic rings. The van der Waals surface area contributed by atoms with Crippen molar-refractivity contribution in [2.75, 3.05) is 56.5 Å². The van der Waals surface area contributed by atoms with Gasteiger partial charge in [0.1, 0.15) is 17.5 Å². The van der Waals surface area contributed by atoms with E-state index in [2.05, 4.69) is 32.4 Å². The van der Waals surface area contributed by atoms with Gasteiger partial charge < -0.3 is 20.0 Å². The van der Waals surface area contributed by atoms with Crippen molar-refractivity contribution in [3.05, 3.63) is 23.7 Å². The van der Waals surface area contributed by atoms with Crippen LogP contribution in [0.15, 0.2) is 12.1 Å². The van der Waals surface area contributed by atoms with Crippen LogP contribution in [0.2, 0.25) is 0 Å². The number of nitrogens with one attached hydrogen (secondary N) is 2. The maximum atomic E-state index is 13.5. The van der Waals surface area contributed by atoms with Crippen molar-refractivity contribution in [3.63, 3.8) is 0 Å². The smallest absolute Gasteiger partial charge is 0.248 e. The molecule has 0 spiro atoms. The summed E-state index contributed by atoms with van der Waals surface area (Å²) < 4.78 is 27.1. The molecule has 1 amide bonds. The van der Waals surface area contributed by atoms with Crippen molar-refractivity contribution in [2.24, 2.45) is 11.8 Å². The number of anilines is 3. The molecule has 1 atom stereocenters. The van der Waals surface area contributed by atoms with Crippen LogP contribution in [-0.4, -0.2) is 88.1 Å². The van der Waals surface area contributed by atoms with Crippen LogP contribution in [0.25, 0.3) is 0 Å². The summed E-state index contributed by atoms with van der Waals surface area (Å²) in [5.41, 5.74) is 0.962. The lowest BCUT2D eigenvalue weighted by atomic mass is 9.86. The van der Waals surface area contributed by atoms with Gasteiger partial charge in [0.15, 0.2) is 5.82 Å². The SMILES string of the molecule is Cc1cc(Nc2cc(N3CCN(C)CC3)nc(CC3CCN(C(=O)C4CCC(F)(F)CC4)C3)n2)n[nH]1. The minimum absolute atomic E-state index is 0.0383. The maximum absolute atomic E-state index is 13.5. The van der Waals surface area contributed by atoms with Crippen LogP contribution in [0.1, 0.15) is 43.6 Å². The molecule has 3 fully saturated rings. The number of rotatable bonds is 6. The summed E-state index contributed by atoms with van der Waals surface area (Å²) in [6.07, 6.45) is 1.74. The Labute approximate surface area is 210 Å². The van der Waals surface area contributed by atoms with Crippen molar-refractivity contribution in [1.82, 2.24) is 30.0 Å². The highest BCUT2D eigenvalue weighted by Crippen LogP contribution is 2.37. The number of nitrogens with zero attached hydrogens (tertiary/aromatic N) is 6. The molecule has 1 unspecified atom stereocenters. The molecule has 2 saturated heterocycles. The van der Waals surface area contributed by atoms with E-state index in [1.165, 1.54) is 0 Å². The first-order valence-electron chi connectivity index (χ1n) is 13.0. The summed E-state index contributed by atoms with van der Waals surface area (Å²) in [7, 11) is 2.13. The molecule has 3 aliphatic rings. The number of amides is 1. The second-order valence-electron chi connectivity index (χ2n) is 10.7. The average Bonchev–Trinajstić information content (AvgIpc) is 3.47. The molecule has 11 heteroatoms. The third kappa shape index (κ3) is 5.93. The summed E-state index contributed by atoms with van der Waals surface area (Å²) in [5, 5.41) is 10.5. The Kier molecular flexibility index (Phi) is 7.09. The van der Waals surface area contributed by atoms with Gasteiger partial charge in [-0.15, -0.1) is 0 Å². The molecule has 2 aromatic heterocycles. The number of carbonyl (C=O) groups excluding carboxylic acids is 1. The number of halogens is 2. The molecule has 1 aliphatic carbocycles. The standard InChI is InChI=1S/C25H36F2N8O/c1-17-13-22(32-31-17)29-21-15-23(34-11-9-33(2)10-12-34)30-20(28-21)14-18-5-8-35(16-18)24(36)19-3-6-25(26,27)7-4-19/h13,15,18-19H,3-12,14,16H2,1-2H3,(H2,28,29,30,31,32). The Balaban J connectivity index is 1.26. The zero-order chi connectivity index (χ0) is 25.3. The van der Waals surface area contributed by atoms with Crippen LogP contribution < -0.4 is 10.2 Å². The van der Waals surface area contributed by atoms with Crippen LogP contribution in [0, 0.1) is 18.8 Å². The first-order valence-corrected chi connectivity index (χ1v) is 13.0.